The van der Waals surface area contributed by atoms with E-state index in [0.717, 1.165) is 26.8 Å². The molecular weight excluding hydrogens is 580 g/mol. The van der Waals surface area contributed by atoms with Gasteiger partial charge in [-0.1, -0.05) is 36.1 Å². The van der Waals surface area contributed by atoms with Gasteiger partial charge in [-0.2, -0.15) is 0 Å². The van der Waals surface area contributed by atoms with Crippen LogP contribution in [0, 0.1) is 25.7 Å². The molecule has 0 fully saturated rings. The van der Waals surface area contributed by atoms with Crippen LogP contribution in [-0.4, -0.2) is 28.7 Å². The van der Waals surface area contributed by atoms with Crippen molar-refractivity contribution < 1.29 is 35.3 Å². The van der Waals surface area contributed by atoms with Crippen LogP contribution in [0.25, 0.3) is 28.1 Å². The molecular formula is C34H25B2F4N3O2. The fourth-order valence-corrected chi connectivity index (χ4v) is 7.01. The summed E-state index contributed by atoms with van der Waals surface area (Å²) in [6.45, 7) is 3.11. The molecule has 0 saturated heterocycles. The summed E-state index contributed by atoms with van der Waals surface area (Å²) in [7, 11) is -4.37. The first-order chi connectivity index (χ1) is 21.5. The molecule has 45 heavy (non-hydrogen) atoms. The highest BCUT2D eigenvalue weighted by molar-refractivity contribution is 6.58. The van der Waals surface area contributed by atoms with Crippen LogP contribution >= 0.6 is 0 Å². The van der Waals surface area contributed by atoms with E-state index in [4.69, 9.17) is 9.07 Å². The van der Waals surface area contributed by atoms with Gasteiger partial charge in [0.05, 0.1) is 11.3 Å². The Kier molecular flexibility index (Phi) is 5.55. The van der Waals surface area contributed by atoms with Crippen molar-refractivity contribution in [3.05, 3.63) is 124 Å². The molecule has 0 aliphatic carbocycles. The maximum atomic E-state index is 15.9. The van der Waals surface area contributed by atoms with E-state index in [2.05, 4.69) is 11.8 Å². The highest BCUT2D eigenvalue weighted by Crippen LogP contribution is 2.44. The molecule has 2 aromatic heterocycles. The van der Waals surface area contributed by atoms with Gasteiger partial charge in [0.25, 0.3) is 0 Å². The summed E-state index contributed by atoms with van der Waals surface area (Å²) in [6, 6.07) is 20.7. The fraction of sp³-hybridized carbons (Fsp3) is 0.118. The predicted molar refractivity (Wildman–Crippen MR) is 166 cm³/mol. The fourth-order valence-electron chi connectivity index (χ4n) is 7.01. The van der Waals surface area contributed by atoms with Crippen molar-refractivity contribution in [1.29, 1.82) is 0 Å². The second-order valence-electron chi connectivity index (χ2n) is 11.8. The molecule has 0 saturated carbocycles. The summed E-state index contributed by atoms with van der Waals surface area (Å²) in [5, 5.41) is 0. The van der Waals surface area contributed by atoms with Crippen molar-refractivity contribution in [2.24, 2.45) is 0 Å². The number of hydrogen-bond acceptors (Lipinski definition) is 2. The third-order valence-electron chi connectivity index (χ3n) is 8.79. The lowest BCUT2D eigenvalue weighted by Gasteiger charge is -2.34. The average molecular weight is 605 g/mol. The maximum absolute atomic E-state index is 15.9. The third-order valence-corrected chi connectivity index (χ3v) is 8.79. The molecule has 0 radical (unpaired) electrons. The minimum Gasteiger partial charge on any atom is -0.599 e. The molecule has 0 atom stereocenters. The van der Waals surface area contributed by atoms with Gasteiger partial charge in [-0.05, 0) is 80.1 Å². The van der Waals surface area contributed by atoms with Crippen LogP contribution in [0.15, 0.2) is 94.6 Å². The van der Waals surface area contributed by atoms with Crippen molar-refractivity contribution >= 4 is 36.4 Å². The van der Waals surface area contributed by atoms with Crippen LogP contribution in [0.1, 0.15) is 47.5 Å². The van der Waals surface area contributed by atoms with Crippen LogP contribution in [0.2, 0.25) is 0 Å². The normalized spacial score (nSPS) is 17.2. The van der Waals surface area contributed by atoms with Gasteiger partial charge in [-0.15, -0.1) is 0 Å². The molecule has 5 nitrogen and oxygen atoms in total. The smallest absolute Gasteiger partial charge is 0.599 e. The molecule has 0 bridgehead atoms. The molecule has 8 rings (SSSR count). The number of fused-ring (bicyclic) bond motifs is 7. The quantitative estimate of drug-likeness (QED) is 0.115. The minimum absolute atomic E-state index is 0.0116. The molecule has 0 N–H and O–H groups in total. The number of allylic oxidation sites excluding steroid dienone is 2. The standard InChI is InChI=1S/C34H25B2F4N3O2/c1-20-17-22(3)41-32(20)31(33-21(2)18-23(4)42(33)35(41,37)38)26-14-11-24(12-15-26)9-10-25-13-16-29-27(19-25)34-43(36(39,40)45-29)28-7-5-6-8-30(28)44-34/h5-8,11-19H,1-4H3. The average Bonchev–Trinajstić information content (AvgIpc) is 3.64. The number of aromatic nitrogens is 2. The first kappa shape index (κ1) is 27.3. The van der Waals surface area contributed by atoms with Gasteiger partial charge in [0, 0.05) is 41.5 Å². The Bertz CT molecular complexity index is 2300. The van der Waals surface area contributed by atoms with Crippen LogP contribution in [0.4, 0.5) is 17.3 Å². The van der Waals surface area contributed by atoms with E-state index in [9.17, 15) is 8.63 Å². The molecule has 0 unspecified atom stereocenters. The predicted octanol–water partition coefficient (Wildman–Crippen LogP) is 7.25. The number of halogens is 4. The lowest BCUT2D eigenvalue weighted by Crippen LogP contribution is -2.65. The largest absolute Gasteiger partial charge is 0.837 e. The number of oxazole rings is 1. The number of hydrogen-bond donors (Lipinski definition) is 0. The van der Waals surface area contributed by atoms with E-state index >= 15 is 8.63 Å². The third kappa shape index (κ3) is 3.84. The maximum Gasteiger partial charge on any atom is 0.837 e. The van der Waals surface area contributed by atoms with Crippen LogP contribution in [0.5, 0.6) is 5.75 Å². The first-order valence-corrected chi connectivity index (χ1v) is 14.6. The van der Waals surface area contributed by atoms with Crippen molar-refractivity contribution in [2.45, 2.75) is 27.7 Å². The Morgan fingerprint density at radius 1 is 0.822 bits per heavy atom. The summed E-state index contributed by atoms with van der Waals surface area (Å²) in [6.07, 6.45) is 1.81. The zero-order valence-corrected chi connectivity index (χ0v) is 24.8. The van der Waals surface area contributed by atoms with Crippen molar-refractivity contribution in [1.82, 2.24) is 4.48 Å². The summed E-state index contributed by atoms with van der Waals surface area (Å²) in [5.41, 5.74) is 7.47. The van der Waals surface area contributed by atoms with E-state index in [1.165, 1.54) is 15.0 Å². The van der Waals surface area contributed by atoms with E-state index in [0.29, 0.717) is 45.1 Å². The molecule has 0 spiro atoms. The lowest BCUT2D eigenvalue weighted by atomic mass is 9.83. The Balaban J connectivity index is 1.18. The zero-order chi connectivity index (χ0) is 31.4. The second-order valence-corrected chi connectivity index (χ2v) is 11.8. The Labute approximate surface area is 256 Å². The molecule has 222 valence electrons. The van der Waals surface area contributed by atoms with Gasteiger partial charge in [0.1, 0.15) is 11.3 Å². The molecule has 5 heterocycles. The zero-order valence-electron chi connectivity index (χ0n) is 24.8. The van der Waals surface area contributed by atoms with Gasteiger partial charge in [-0.3, -0.25) is 4.48 Å². The van der Waals surface area contributed by atoms with Gasteiger partial charge in [0.15, 0.2) is 11.3 Å². The lowest BCUT2D eigenvalue weighted by molar-refractivity contribution is -0.546. The molecule has 3 aliphatic rings. The van der Waals surface area contributed by atoms with Crippen LogP contribution in [-0.2, 0) is 0 Å². The summed E-state index contributed by atoms with van der Waals surface area (Å²) in [4.78, 5) is 0. The Morgan fingerprint density at radius 3 is 2.31 bits per heavy atom. The molecule has 5 aromatic rings. The Hall–Kier alpha value is -5.23. The van der Waals surface area contributed by atoms with E-state index in [-0.39, 0.29) is 17.2 Å². The van der Waals surface area contributed by atoms with Crippen molar-refractivity contribution in [2.75, 3.05) is 0 Å². The van der Waals surface area contributed by atoms with Crippen LogP contribution < -0.4 is 9.13 Å². The number of rotatable bonds is 1. The Morgan fingerprint density at radius 2 is 1.53 bits per heavy atom. The summed E-state index contributed by atoms with van der Waals surface area (Å²) >= 11 is 0. The second kappa shape index (κ2) is 9.14. The first-order valence-electron chi connectivity index (χ1n) is 14.6. The molecule has 11 heteroatoms. The monoisotopic (exact) mass is 605 g/mol. The highest BCUT2D eigenvalue weighted by atomic mass is 19.3. The van der Waals surface area contributed by atoms with Crippen molar-refractivity contribution in [3.63, 3.8) is 0 Å². The van der Waals surface area contributed by atoms with Crippen LogP contribution in [0.3, 0.4) is 0 Å². The summed E-state index contributed by atoms with van der Waals surface area (Å²) in [5.74, 6) is 6.29. The van der Waals surface area contributed by atoms with Gasteiger partial charge in [0.2, 0.25) is 5.52 Å². The number of aryl methyl sites for hydroxylation is 2. The molecule has 3 aliphatic heterocycles. The SMILES string of the molecule is CC1=CC(C)=[N+]2C1=C(c1ccc(C#Cc3ccc4c(c3)-c3oc5ccccc5[n+]3[B-](F)(F)O4)cc1)c1c(C)cc(C)n1[B-]2(F)F. The number of nitrogens with zero attached hydrogens (tertiary/aromatic N) is 3. The summed E-state index contributed by atoms with van der Waals surface area (Å²) < 4.78 is 76.0. The van der Waals surface area contributed by atoms with Gasteiger partial charge in [-0.25, -0.2) is 0 Å². The van der Waals surface area contributed by atoms with E-state index in [1.54, 1.807) is 62.4 Å². The van der Waals surface area contributed by atoms with Gasteiger partial charge >= 0.3 is 19.9 Å². The van der Waals surface area contributed by atoms with Crippen molar-refractivity contribution in [3.8, 4) is 29.0 Å². The minimum atomic E-state index is -4.37. The number of para-hydroxylation sites is 2. The topological polar surface area (TPSA) is 34.2 Å². The molecule has 0 amide bonds. The number of benzene rings is 3. The highest BCUT2D eigenvalue weighted by Gasteiger charge is 2.56. The molecule has 3 aromatic carbocycles. The van der Waals surface area contributed by atoms with Gasteiger partial charge < -0.3 is 35.3 Å². The van der Waals surface area contributed by atoms with E-state index in [1.807, 2.05) is 38.1 Å². The van der Waals surface area contributed by atoms with E-state index < -0.39 is 14.0 Å².